The zero-order chi connectivity index (χ0) is 12.4. The highest BCUT2D eigenvalue weighted by Crippen LogP contribution is 2.21. The number of aryl methyl sites for hydroxylation is 1. The number of nitrogens with one attached hydrogen (secondary N) is 1. The van der Waals surface area contributed by atoms with Crippen molar-refractivity contribution in [3.63, 3.8) is 0 Å². The fourth-order valence-corrected chi connectivity index (χ4v) is 2.05. The van der Waals surface area contributed by atoms with Crippen molar-refractivity contribution in [2.75, 3.05) is 5.32 Å². The summed E-state index contributed by atoms with van der Waals surface area (Å²) in [4.78, 5) is 4.96. The van der Waals surface area contributed by atoms with Crippen molar-refractivity contribution < 1.29 is 13.2 Å². The van der Waals surface area contributed by atoms with Crippen LogP contribution in [0.5, 0.6) is 0 Å². The first-order valence-corrected chi connectivity index (χ1v) is 5.74. The van der Waals surface area contributed by atoms with E-state index in [4.69, 9.17) is 0 Å². The molecule has 2 aromatic rings. The third-order valence-corrected chi connectivity index (χ3v) is 3.25. The monoisotopic (exact) mass is 258 g/mol. The van der Waals surface area contributed by atoms with Gasteiger partial charge in [-0.2, -0.15) is 0 Å². The van der Waals surface area contributed by atoms with Crippen molar-refractivity contribution >= 4 is 17.0 Å². The van der Waals surface area contributed by atoms with Gasteiger partial charge in [0.1, 0.15) is 0 Å². The molecule has 90 valence electrons. The Kier molecular flexibility index (Phi) is 3.33. The Morgan fingerprint density at radius 1 is 1.24 bits per heavy atom. The van der Waals surface area contributed by atoms with Gasteiger partial charge in [0.2, 0.25) is 0 Å². The first-order valence-electron chi connectivity index (χ1n) is 4.86. The Hall–Kier alpha value is -1.56. The lowest BCUT2D eigenvalue weighted by Gasteiger charge is -2.07. The molecule has 0 bridgehead atoms. The summed E-state index contributed by atoms with van der Waals surface area (Å²) in [5.74, 6) is -3.86. The van der Waals surface area contributed by atoms with Crippen LogP contribution in [0.2, 0.25) is 0 Å². The molecule has 2 nitrogen and oxygen atoms in total. The minimum absolute atomic E-state index is 0.0586. The van der Waals surface area contributed by atoms with E-state index in [1.807, 2.05) is 6.92 Å². The van der Waals surface area contributed by atoms with E-state index in [0.717, 1.165) is 16.6 Å². The third kappa shape index (κ3) is 2.41. The molecule has 1 aromatic carbocycles. The number of aromatic nitrogens is 1. The first-order chi connectivity index (χ1) is 8.09. The molecule has 6 heteroatoms. The maximum Gasteiger partial charge on any atom is 0.196 e. The lowest BCUT2D eigenvalue weighted by atomic mass is 10.2. The van der Waals surface area contributed by atoms with Crippen LogP contribution < -0.4 is 5.32 Å². The number of benzene rings is 1. The van der Waals surface area contributed by atoms with Crippen LogP contribution in [0.1, 0.15) is 10.6 Å². The fraction of sp³-hybridized carbons (Fsp3) is 0.182. The molecule has 0 spiro atoms. The molecule has 0 radical (unpaired) electrons. The molecule has 0 aliphatic carbocycles. The van der Waals surface area contributed by atoms with Gasteiger partial charge in [-0.05, 0) is 19.1 Å². The summed E-state index contributed by atoms with van der Waals surface area (Å²) in [5.41, 5.74) is 2.45. The molecule has 0 unspecified atom stereocenters. The molecule has 0 aliphatic rings. The second-order valence-corrected chi connectivity index (χ2v) is 4.38. The van der Waals surface area contributed by atoms with Crippen LogP contribution in [0.15, 0.2) is 17.6 Å². The summed E-state index contributed by atoms with van der Waals surface area (Å²) in [6.45, 7) is 2.16. The van der Waals surface area contributed by atoms with Crippen LogP contribution in [0.3, 0.4) is 0 Å². The largest absolute Gasteiger partial charge is 0.378 e. The van der Waals surface area contributed by atoms with Gasteiger partial charge in [0.15, 0.2) is 17.5 Å². The van der Waals surface area contributed by atoms with Gasteiger partial charge < -0.3 is 5.32 Å². The molecule has 17 heavy (non-hydrogen) atoms. The number of hydrogen-bond acceptors (Lipinski definition) is 3. The zero-order valence-corrected chi connectivity index (χ0v) is 9.75. The summed E-state index contributed by atoms with van der Waals surface area (Å²) >= 11 is 1.42. The second kappa shape index (κ2) is 4.75. The number of anilines is 1. The Bertz CT molecular complexity index is 540. The van der Waals surface area contributed by atoms with Gasteiger partial charge >= 0.3 is 0 Å². The normalized spacial score (nSPS) is 10.6. The number of halogens is 3. The van der Waals surface area contributed by atoms with E-state index in [-0.39, 0.29) is 5.69 Å². The summed E-state index contributed by atoms with van der Waals surface area (Å²) in [6, 6.07) is 2.06. The standard InChI is InChI=1S/C11H9F3N2S/c1-6-9(17-5-16-6)4-15-8-3-2-7(12)10(13)11(8)14/h2-3,5,15H,4H2,1H3. The smallest absolute Gasteiger partial charge is 0.196 e. The summed E-state index contributed by atoms with van der Waals surface area (Å²) in [5, 5.41) is 2.71. The fourth-order valence-electron chi connectivity index (χ4n) is 1.33. The Labute approximate surface area is 100 Å². The van der Waals surface area contributed by atoms with E-state index in [1.165, 1.54) is 17.4 Å². The summed E-state index contributed by atoms with van der Waals surface area (Å²) < 4.78 is 38.9. The van der Waals surface area contributed by atoms with Gasteiger partial charge in [-0.1, -0.05) is 0 Å². The van der Waals surface area contributed by atoms with Gasteiger partial charge in [0, 0.05) is 4.88 Å². The van der Waals surface area contributed by atoms with Crippen molar-refractivity contribution in [3.8, 4) is 0 Å². The highest BCUT2D eigenvalue weighted by Gasteiger charge is 2.13. The van der Waals surface area contributed by atoms with Gasteiger partial charge in [0.25, 0.3) is 0 Å². The Morgan fingerprint density at radius 2 is 2.00 bits per heavy atom. The lowest BCUT2D eigenvalue weighted by molar-refractivity contribution is 0.449. The maximum absolute atomic E-state index is 13.3. The number of rotatable bonds is 3. The highest BCUT2D eigenvalue weighted by molar-refractivity contribution is 7.09. The molecular weight excluding hydrogens is 249 g/mol. The van der Waals surface area contributed by atoms with Crippen LogP contribution in [-0.4, -0.2) is 4.98 Å². The number of nitrogens with zero attached hydrogens (tertiary/aromatic N) is 1. The average Bonchev–Trinajstić information content (AvgIpc) is 2.71. The Balaban J connectivity index is 2.15. The maximum atomic E-state index is 13.3. The molecule has 0 atom stereocenters. The molecule has 1 N–H and O–H groups in total. The third-order valence-electron chi connectivity index (χ3n) is 2.32. The van der Waals surface area contributed by atoms with E-state index >= 15 is 0 Å². The SMILES string of the molecule is Cc1ncsc1CNc1ccc(F)c(F)c1F. The minimum Gasteiger partial charge on any atom is -0.378 e. The van der Waals surface area contributed by atoms with Gasteiger partial charge in [-0.3, -0.25) is 0 Å². The van der Waals surface area contributed by atoms with Gasteiger partial charge in [-0.15, -0.1) is 11.3 Å². The predicted octanol–water partition coefficient (Wildman–Crippen LogP) is 3.48. The molecule has 2 rings (SSSR count). The van der Waals surface area contributed by atoms with E-state index in [2.05, 4.69) is 10.3 Å². The minimum atomic E-state index is -1.46. The van der Waals surface area contributed by atoms with Crippen molar-refractivity contribution in [2.24, 2.45) is 0 Å². The Morgan fingerprint density at radius 3 is 2.65 bits per heavy atom. The van der Waals surface area contributed by atoms with Crippen molar-refractivity contribution in [2.45, 2.75) is 13.5 Å². The molecule has 0 amide bonds. The second-order valence-electron chi connectivity index (χ2n) is 3.44. The lowest BCUT2D eigenvalue weighted by Crippen LogP contribution is -2.03. The topological polar surface area (TPSA) is 24.9 Å². The van der Waals surface area contributed by atoms with Crippen LogP contribution >= 0.6 is 11.3 Å². The van der Waals surface area contributed by atoms with Crippen LogP contribution in [0, 0.1) is 24.4 Å². The average molecular weight is 258 g/mol. The number of thiazole rings is 1. The molecule has 0 saturated heterocycles. The van der Waals surface area contributed by atoms with Crippen LogP contribution in [0.4, 0.5) is 18.9 Å². The predicted molar refractivity (Wildman–Crippen MR) is 60.5 cm³/mol. The highest BCUT2D eigenvalue weighted by atomic mass is 32.1. The van der Waals surface area contributed by atoms with E-state index < -0.39 is 17.5 Å². The molecule has 0 aliphatic heterocycles. The summed E-state index contributed by atoms with van der Waals surface area (Å²) in [7, 11) is 0. The van der Waals surface area contributed by atoms with Crippen LogP contribution in [-0.2, 0) is 6.54 Å². The van der Waals surface area contributed by atoms with Crippen molar-refractivity contribution in [1.82, 2.24) is 4.98 Å². The molecule has 1 heterocycles. The van der Waals surface area contributed by atoms with Gasteiger partial charge in [-0.25, -0.2) is 18.2 Å². The number of hydrogen-bond donors (Lipinski definition) is 1. The molecular formula is C11H9F3N2S. The van der Waals surface area contributed by atoms with Crippen molar-refractivity contribution in [3.05, 3.63) is 45.7 Å². The van der Waals surface area contributed by atoms with Crippen molar-refractivity contribution in [1.29, 1.82) is 0 Å². The van der Waals surface area contributed by atoms with Gasteiger partial charge in [0.05, 0.1) is 23.4 Å². The van der Waals surface area contributed by atoms with E-state index in [1.54, 1.807) is 5.51 Å². The van der Waals surface area contributed by atoms with E-state index in [9.17, 15) is 13.2 Å². The molecule has 1 aromatic heterocycles. The first kappa shape index (κ1) is 11.9. The van der Waals surface area contributed by atoms with E-state index in [0.29, 0.717) is 6.54 Å². The quantitative estimate of drug-likeness (QED) is 0.852. The van der Waals surface area contributed by atoms with Crippen LogP contribution in [0.25, 0.3) is 0 Å². The zero-order valence-electron chi connectivity index (χ0n) is 8.93. The molecule has 0 saturated carbocycles. The summed E-state index contributed by atoms with van der Waals surface area (Å²) in [6.07, 6.45) is 0. The molecule has 0 fully saturated rings.